The highest BCUT2D eigenvalue weighted by Crippen LogP contribution is 2.48. The lowest BCUT2D eigenvalue weighted by molar-refractivity contribution is -0.0959. The van der Waals surface area contributed by atoms with Crippen molar-refractivity contribution in [2.45, 2.75) is 24.3 Å². The summed E-state index contributed by atoms with van der Waals surface area (Å²) in [6.45, 7) is -1.67. The van der Waals surface area contributed by atoms with Gasteiger partial charge >= 0.3 is 0 Å². The lowest BCUT2D eigenvalue weighted by Gasteiger charge is -2.39. The summed E-state index contributed by atoms with van der Waals surface area (Å²) in [5.74, 6) is -5.51. The number of methoxy groups -OCH3 is 1. The Bertz CT molecular complexity index is 952. The van der Waals surface area contributed by atoms with Gasteiger partial charge in [0.2, 0.25) is 5.88 Å². The van der Waals surface area contributed by atoms with Gasteiger partial charge in [-0.25, -0.2) is 27.5 Å². The number of benzene rings is 1. The maximum Gasteiger partial charge on any atom is 0.280 e. The Hall–Kier alpha value is -3.24. The molecule has 1 atom stereocenters. The Morgan fingerprint density at radius 2 is 2.07 bits per heavy atom. The Balaban J connectivity index is 1.97. The molecule has 1 aromatic carbocycles. The average molecular weight is 411 g/mol. The minimum Gasteiger partial charge on any atom is -0.480 e. The van der Waals surface area contributed by atoms with Gasteiger partial charge in [0, 0.05) is 24.1 Å². The van der Waals surface area contributed by atoms with Crippen LogP contribution >= 0.6 is 0 Å². The molecule has 1 aromatic heterocycles. The van der Waals surface area contributed by atoms with Crippen molar-refractivity contribution < 1.29 is 27.1 Å². The second-order valence-electron chi connectivity index (χ2n) is 6.39. The van der Waals surface area contributed by atoms with Crippen molar-refractivity contribution in [3.8, 4) is 5.88 Å². The summed E-state index contributed by atoms with van der Waals surface area (Å²) in [7, 11) is 1.38. The Morgan fingerprint density at radius 1 is 1.31 bits per heavy atom. The number of hydrogen-bond acceptors (Lipinski definition) is 6. The number of halogens is 4. The van der Waals surface area contributed by atoms with E-state index in [1.807, 2.05) is 0 Å². The summed E-state index contributed by atoms with van der Waals surface area (Å²) in [6, 6.07) is 2.91. The lowest BCUT2D eigenvalue weighted by atomic mass is 9.80. The van der Waals surface area contributed by atoms with Crippen molar-refractivity contribution >= 4 is 17.4 Å². The normalized spacial score (nSPS) is 20.7. The van der Waals surface area contributed by atoms with Gasteiger partial charge < -0.3 is 15.8 Å². The van der Waals surface area contributed by atoms with Gasteiger partial charge in [-0.2, -0.15) is 0 Å². The van der Waals surface area contributed by atoms with Gasteiger partial charge in [-0.3, -0.25) is 9.79 Å². The minimum absolute atomic E-state index is 0.0491. The van der Waals surface area contributed by atoms with Crippen LogP contribution in [0.3, 0.4) is 0 Å². The molecule has 0 spiro atoms. The third-order valence-corrected chi connectivity index (χ3v) is 4.57. The SMILES string of the molecule is COc1cnc(C(=O)Nc2ccc(F)c(C3(CF)N=C(N)CCC3(F)F)c2)cn1. The van der Waals surface area contributed by atoms with E-state index in [9.17, 15) is 22.4 Å². The van der Waals surface area contributed by atoms with Crippen molar-refractivity contribution in [3.05, 3.63) is 47.7 Å². The first-order valence-electron chi connectivity index (χ1n) is 8.48. The smallest absolute Gasteiger partial charge is 0.280 e. The van der Waals surface area contributed by atoms with Crippen LogP contribution in [0.2, 0.25) is 0 Å². The Labute approximate surface area is 163 Å². The fourth-order valence-corrected chi connectivity index (χ4v) is 2.99. The summed E-state index contributed by atoms with van der Waals surface area (Å²) in [4.78, 5) is 23.6. The molecule has 0 bridgehead atoms. The fraction of sp³-hybridized carbons (Fsp3) is 0.333. The van der Waals surface area contributed by atoms with E-state index in [2.05, 4.69) is 20.3 Å². The number of nitrogens with zero attached hydrogens (tertiary/aromatic N) is 3. The van der Waals surface area contributed by atoms with Gasteiger partial charge in [0.1, 0.15) is 18.2 Å². The van der Waals surface area contributed by atoms with Gasteiger partial charge in [-0.15, -0.1) is 0 Å². The zero-order valence-corrected chi connectivity index (χ0v) is 15.3. The fourth-order valence-electron chi connectivity index (χ4n) is 2.99. The number of ether oxygens (including phenoxy) is 1. The van der Waals surface area contributed by atoms with Crippen LogP contribution in [0.4, 0.5) is 23.2 Å². The van der Waals surface area contributed by atoms with Gasteiger partial charge in [0.05, 0.1) is 25.3 Å². The molecule has 1 aliphatic rings. The Morgan fingerprint density at radius 3 is 2.69 bits per heavy atom. The summed E-state index contributed by atoms with van der Waals surface area (Å²) in [5, 5.41) is 2.39. The third kappa shape index (κ3) is 3.71. The number of amidine groups is 1. The van der Waals surface area contributed by atoms with E-state index in [1.54, 1.807) is 0 Å². The van der Waals surface area contributed by atoms with E-state index in [4.69, 9.17) is 10.5 Å². The number of hydrogen-bond donors (Lipinski definition) is 2. The number of amides is 1. The predicted molar refractivity (Wildman–Crippen MR) is 96.4 cm³/mol. The number of nitrogens with one attached hydrogen (secondary N) is 1. The number of nitrogens with two attached hydrogens (primary N) is 1. The number of carbonyl (C=O) groups is 1. The number of rotatable bonds is 5. The molecule has 1 amide bonds. The largest absolute Gasteiger partial charge is 0.480 e. The van der Waals surface area contributed by atoms with Gasteiger partial charge in [-0.05, 0) is 18.2 Å². The predicted octanol–water partition coefficient (Wildman–Crippen LogP) is 2.83. The first-order chi connectivity index (χ1) is 13.7. The highest BCUT2D eigenvalue weighted by atomic mass is 19.3. The van der Waals surface area contributed by atoms with Crippen molar-refractivity contribution in [1.29, 1.82) is 0 Å². The van der Waals surface area contributed by atoms with E-state index in [-0.39, 0.29) is 29.5 Å². The van der Waals surface area contributed by atoms with E-state index >= 15 is 0 Å². The quantitative estimate of drug-likeness (QED) is 0.737. The van der Waals surface area contributed by atoms with Gasteiger partial charge in [-0.1, -0.05) is 0 Å². The Kier molecular flexibility index (Phi) is 5.40. The number of aromatic nitrogens is 2. The maximum absolute atomic E-state index is 14.6. The second-order valence-corrected chi connectivity index (χ2v) is 6.39. The summed E-state index contributed by atoms with van der Waals surface area (Å²) in [5.41, 5.74) is 1.89. The maximum atomic E-state index is 14.6. The first kappa shape index (κ1) is 20.5. The van der Waals surface area contributed by atoms with Gasteiger partial charge in [0.25, 0.3) is 11.8 Å². The lowest BCUT2D eigenvalue weighted by Crippen LogP contribution is -2.51. The first-order valence-corrected chi connectivity index (χ1v) is 8.48. The molecule has 0 saturated heterocycles. The van der Waals surface area contributed by atoms with Crippen molar-refractivity contribution in [2.24, 2.45) is 10.7 Å². The van der Waals surface area contributed by atoms with Crippen LogP contribution < -0.4 is 15.8 Å². The summed E-state index contributed by atoms with van der Waals surface area (Å²) >= 11 is 0. The summed E-state index contributed by atoms with van der Waals surface area (Å²) < 4.78 is 62.4. The molecule has 154 valence electrons. The highest BCUT2D eigenvalue weighted by molar-refractivity contribution is 6.02. The number of aliphatic imine (C=N–C) groups is 1. The van der Waals surface area contributed by atoms with Crippen LogP contribution in [0.5, 0.6) is 5.88 Å². The van der Waals surface area contributed by atoms with Crippen molar-refractivity contribution in [1.82, 2.24) is 9.97 Å². The van der Waals surface area contributed by atoms with Crippen LogP contribution in [0.15, 0.2) is 35.6 Å². The molecule has 29 heavy (non-hydrogen) atoms. The second kappa shape index (κ2) is 7.64. The molecule has 11 heteroatoms. The number of alkyl halides is 3. The molecule has 3 N–H and O–H groups in total. The topological polar surface area (TPSA) is 102 Å². The molecule has 0 radical (unpaired) electrons. The summed E-state index contributed by atoms with van der Waals surface area (Å²) in [6.07, 6.45) is 1.34. The average Bonchev–Trinajstić information content (AvgIpc) is 2.71. The van der Waals surface area contributed by atoms with E-state index in [0.717, 1.165) is 24.4 Å². The van der Waals surface area contributed by atoms with Crippen LogP contribution in [0.1, 0.15) is 28.9 Å². The van der Waals surface area contributed by atoms with E-state index in [1.165, 1.54) is 13.3 Å². The van der Waals surface area contributed by atoms with E-state index in [0.29, 0.717) is 0 Å². The number of anilines is 1. The molecule has 0 fully saturated rings. The standard InChI is InChI=1S/C18H17F4N5O2/c1-29-15-8-24-13(7-25-15)16(28)26-10-2-3-12(20)11(6-10)17(9-19)18(21,22)5-4-14(23)27-17/h2-3,6-8H,4-5,9H2,1H3,(H2,23,27)(H,26,28). The van der Waals surface area contributed by atoms with Crippen LogP contribution in [-0.2, 0) is 5.54 Å². The molecule has 0 saturated carbocycles. The zero-order chi connectivity index (χ0) is 21.2. The molecule has 3 rings (SSSR count). The van der Waals surface area contributed by atoms with Crippen LogP contribution in [0.25, 0.3) is 0 Å². The van der Waals surface area contributed by atoms with E-state index < -0.39 is 41.8 Å². The van der Waals surface area contributed by atoms with Crippen molar-refractivity contribution in [2.75, 3.05) is 19.1 Å². The molecule has 2 aromatic rings. The molecule has 7 nitrogen and oxygen atoms in total. The zero-order valence-electron chi connectivity index (χ0n) is 15.3. The molecule has 0 aliphatic carbocycles. The van der Waals surface area contributed by atoms with Crippen LogP contribution in [-0.4, -0.2) is 41.4 Å². The number of carbonyl (C=O) groups excluding carboxylic acids is 1. The molecular formula is C18H17F4N5O2. The highest BCUT2D eigenvalue weighted by Gasteiger charge is 2.58. The van der Waals surface area contributed by atoms with Crippen LogP contribution in [0, 0.1) is 5.82 Å². The monoisotopic (exact) mass is 411 g/mol. The molecular weight excluding hydrogens is 394 g/mol. The molecule has 1 aliphatic heterocycles. The third-order valence-electron chi connectivity index (χ3n) is 4.57. The molecule has 1 unspecified atom stereocenters. The van der Waals surface area contributed by atoms with Crippen molar-refractivity contribution in [3.63, 3.8) is 0 Å². The van der Waals surface area contributed by atoms with Gasteiger partial charge in [0.15, 0.2) is 5.54 Å². The molecule has 2 heterocycles. The minimum atomic E-state index is -3.67.